The van der Waals surface area contributed by atoms with Gasteiger partial charge in [-0.15, -0.1) is 0 Å². The zero-order chi connectivity index (χ0) is 22.5. The summed E-state index contributed by atoms with van der Waals surface area (Å²) in [5.41, 5.74) is 3.25. The highest BCUT2D eigenvalue weighted by atomic mass is 19.1. The van der Waals surface area contributed by atoms with Crippen LogP contribution in [0.4, 0.5) is 10.1 Å². The lowest BCUT2D eigenvalue weighted by atomic mass is 9.95. The number of likely N-dealkylation sites (N-methyl/N-ethyl adjacent to an activating group) is 1. The highest BCUT2D eigenvalue weighted by molar-refractivity contribution is 6.25. The van der Waals surface area contributed by atoms with Crippen molar-refractivity contribution in [3.8, 4) is 11.5 Å². The third-order valence-electron chi connectivity index (χ3n) is 5.79. The van der Waals surface area contributed by atoms with Gasteiger partial charge in [-0.3, -0.25) is 4.79 Å². The maximum Gasteiger partial charge on any atom is 0.163 e. The number of Topliss-reactive ketones (excluding diaryl/α,β-unsaturated/α-hetero) is 1. The summed E-state index contributed by atoms with van der Waals surface area (Å²) in [6.45, 7) is 7.34. The van der Waals surface area contributed by atoms with Crippen LogP contribution >= 0.6 is 0 Å². The molecule has 1 heterocycles. The normalized spacial score (nSPS) is 15.2. The summed E-state index contributed by atoms with van der Waals surface area (Å²) in [5.74, 6) is 0.718. The Bertz CT molecular complexity index is 956. The van der Waals surface area contributed by atoms with Gasteiger partial charge in [-0.05, 0) is 55.4 Å². The molecule has 2 aromatic carbocycles. The van der Waals surface area contributed by atoms with Gasteiger partial charge in [0, 0.05) is 49.4 Å². The smallest absolute Gasteiger partial charge is 0.163 e. The Labute approximate surface area is 184 Å². The van der Waals surface area contributed by atoms with Crippen LogP contribution in [0, 0.1) is 12.7 Å². The second kappa shape index (κ2) is 9.96. The van der Waals surface area contributed by atoms with E-state index >= 15 is 4.39 Å². The molecule has 1 fully saturated rings. The van der Waals surface area contributed by atoms with E-state index in [9.17, 15) is 4.79 Å². The minimum Gasteiger partial charge on any atom is -0.493 e. The number of nitrogens with zero attached hydrogens (tertiary/aromatic N) is 2. The fourth-order valence-electron chi connectivity index (χ4n) is 3.83. The molecule has 6 heteroatoms. The Morgan fingerprint density at radius 3 is 2.32 bits per heavy atom. The molecule has 2 aromatic rings. The van der Waals surface area contributed by atoms with Crippen LogP contribution < -0.4 is 14.4 Å². The summed E-state index contributed by atoms with van der Waals surface area (Å²) in [5, 5.41) is 0. The van der Waals surface area contributed by atoms with Gasteiger partial charge in [0.15, 0.2) is 17.3 Å². The van der Waals surface area contributed by atoms with E-state index in [1.165, 1.54) is 0 Å². The number of allylic oxidation sites excluding steroid dienone is 1. The Morgan fingerprint density at radius 2 is 1.74 bits per heavy atom. The van der Waals surface area contributed by atoms with Crippen LogP contribution in [0.1, 0.15) is 30.0 Å². The number of carbonyl (C=O) groups excluding carboxylic acids is 1. The first kappa shape index (κ1) is 22.8. The number of halogens is 1. The van der Waals surface area contributed by atoms with E-state index in [-0.39, 0.29) is 11.6 Å². The van der Waals surface area contributed by atoms with Crippen molar-refractivity contribution in [3.63, 3.8) is 0 Å². The van der Waals surface area contributed by atoms with Crippen molar-refractivity contribution in [2.45, 2.75) is 20.3 Å². The van der Waals surface area contributed by atoms with Crippen LogP contribution in [0.3, 0.4) is 0 Å². The maximum absolute atomic E-state index is 15.2. The quantitative estimate of drug-likeness (QED) is 0.484. The molecule has 0 amide bonds. The van der Waals surface area contributed by atoms with E-state index in [0.29, 0.717) is 34.6 Å². The molecule has 0 bridgehead atoms. The Hall–Kier alpha value is -2.86. The molecule has 0 spiro atoms. The number of methoxy groups -OCH3 is 2. The fraction of sp³-hybridized carbons (Fsp3) is 0.400. The van der Waals surface area contributed by atoms with Crippen molar-refractivity contribution in [2.75, 3.05) is 52.3 Å². The predicted molar refractivity (Wildman–Crippen MR) is 124 cm³/mol. The van der Waals surface area contributed by atoms with E-state index in [0.717, 1.165) is 37.4 Å². The molecule has 5 nitrogen and oxygen atoms in total. The maximum atomic E-state index is 15.2. The molecular formula is C25H31FN2O3. The van der Waals surface area contributed by atoms with E-state index in [1.807, 2.05) is 13.0 Å². The zero-order valence-corrected chi connectivity index (χ0v) is 19.0. The second-order valence-corrected chi connectivity index (χ2v) is 7.85. The summed E-state index contributed by atoms with van der Waals surface area (Å²) in [6, 6.07) is 8.89. The molecule has 1 saturated heterocycles. The van der Waals surface area contributed by atoms with Crippen LogP contribution in [0.15, 0.2) is 30.3 Å². The third-order valence-corrected chi connectivity index (χ3v) is 5.79. The van der Waals surface area contributed by atoms with E-state index < -0.39 is 0 Å². The molecule has 31 heavy (non-hydrogen) atoms. The lowest BCUT2D eigenvalue weighted by Crippen LogP contribution is -2.44. The Balaban J connectivity index is 2.02. The molecular weight excluding hydrogens is 395 g/mol. The van der Waals surface area contributed by atoms with Gasteiger partial charge in [0.2, 0.25) is 0 Å². The molecule has 0 saturated carbocycles. The van der Waals surface area contributed by atoms with Gasteiger partial charge >= 0.3 is 0 Å². The molecule has 1 aliphatic rings. The number of anilines is 1. The SMILES string of the molecule is CCC(=O)/C(=C\c1c(C)cc(N2CCN(C)CC2)cc1F)c1ccc(OC)c(OC)c1. The molecule has 0 atom stereocenters. The first-order valence-electron chi connectivity index (χ1n) is 10.6. The van der Waals surface area contributed by atoms with Gasteiger partial charge < -0.3 is 19.3 Å². The summed E-state index contributed by atoms with van der Waals surface area (Å²) < 4.78 is 25.9. The van der Waals surface area contributed by atoms with E-state index in [1.54, 1.807) is 51.5 Å². The highest BCUT2D eigenvalue weighted by Gasteiger charge is 2.19. The molecule has 3 rings (SSSR count). The average Bonchev–Trinajstić information content (AvgIpc) is 2.78. The van der Waals surface area contributed by atoms with Gasteiger partial charge in [0.25, 0.3) is 0 Å². The zero-order valence-electron chi connectivity index (χ0n) is 19.0. The van der Waals surface area contributed by atoms with Gasteiger partial charge in [0.05, 0.1) is 14.2 Å². The minimum atomic E-state index is -0.323. The molecule has 0 unspecified atom stereocenters. The summed E-state index contributed by atoms with van der Waals surface area (Å²) >= 11 is 0. The minimum absolute atomic E-state index is 0.0610. The van der Waals surface area contributed by atoms with Crippen molar-refractivity contribution in [2.24, 2.45) is 0 Å². The van der Waals surface area contributed by atoms with Gasteiger partial charge in [-0.2, -0.15) is 0 Å². The molecule has 166 valence electrons. The Morgan fingerprint density at radius 1 is 1.06 bits per heavy atom. The van der Waals surface area contributed by atoms with E-state index in [4.69, 9.17) is 9.47 Å². The summed E-state index contributed by atoms with van der Waals surface area (Å²) in [6.07, 6.45) is 1.98. The first-order valence-corrected chi connectivity index (χ1v) is 10.6. The van der Waals surface area contributed by atoms with Gasteiger partial charge in [0.1, 0.15) is 5.82 Å². The molecule has 0 aliphatic carbocycles. The first-order chi connectivity index (χ1) is 14.9. The van der Waals surface area contributed by atoms with Crippen molar-refractivity contribution in [3.05, 3.63) is 52.8 Å². The number of aryl methyl sites for hydroxylation is 1. The number of carbonyl (C=O) groups is 1. The van der Waals surface area contributed by atoms with Crippen LogP contribution in [0.2, 0.25) is 0 Å². The number of ketones is 1. The van der Waals surface area contributed by atoms with Crippen molar-refractivity contribution in [1.82, 2.24) is 4.90 Å². The number of piperazine rings is 1. The number of ether oxygens (including phenoxy) is 2. The number of benzene rings is 2. The standard InChI is InChI=1S/C25H31FN2O3/c1-6-23(29)21(18-7-8-24(30-4)25(14-18)31-5)16-20-17(2)13-19(15-22(20)26)28-11-9-27(3)10-12-28/h7-8,13-16H,6,9-12H2,1-5H3/b21-16-. The molecule has 1 aliphatic heterocycles. The largest absolute Gasteiger partial charge is 0.493 e. The van der Waals surface area contributed by atoms with Crippen LogP contribution in [0.25, 0.3) is 11.6 Å². The molecule has 0 aromatic heterocycles. The lowest BCUT2D eigenvalue weighted by Gasteiger charge is -2.34. The second-order valence-electron chi connectivity index (χ2n) is 7.85. The van der Waals surface area contributed by atoms with Crippen molar-refractivity contribution < 1.29 is 18.7 Å². The van der Waals surface area contributed by atoms with Crippen LogP contribution in [0.5, 0.6) is 11.5 Å². The van der Waals surface area contributed by atoms with Crippen LogP contribution in [-0.2, 0) is 4.79 Å². The van der Waals surface area contributed by atoms with Crippen LogP contribution in [-0.4, -0.2) is 58.1 Å². The lowest BCUT2D eigenvalue weighted by molar-refractivity contribution is -0.113. The monoisotopic (exact) mass is 426 g/mol. The average molecular weight is 427 g/mol. The molecule has 0 N–H and O–H groups in total. The molecule has 0 radical (unpaired) electrons. The predicted octanol–water partition coefficient (Wildman–Crippen LogP) is 4.42. The van der Waals surface area contributed by atoms with Gasteiger partial charge in [-0.25, -0.2) is 4.39 Å². The number of hydrogen-bond acceptors (Lipinski definition) is 5. The summed E-state index contributed by atoms with van der Waals surface area (Å²) in [4.78, 5) is 17.2. The topological polar surface area (TPSA) is 42.0 Å². The number of rotatable bonds is 7. The number of hydrogen-bond donors (Lipinski definition) is 0. The fourth-order valence-corrected chi connectivity index (χ4v) is 3.83. The van der Waals surface area contributed by atoms with Crippen molar-refractivity contribution >= 4 is 23.1 Å². The highest BCUT2D eigenvalue weighted by Crippen LogP contribution is 2.33. The summed E-state index contributed by atoms with van der Waals surface area (Å²) in [7, 11) is 5.21. The van der Waals surface area contributed by atoms with Gasteiger partial charge in [-0.1, -0.05) is 13.0 Å². The van der Waals surface area contributed by atoms with E-state index in [2.05, 4.69) is 16.8 Å². The Kier molecular flexibility index (Phi) is 7.33. The van der Waals surface area contributed by atoms with Crippen molar-refractivity contribution in [1.29, 1.82) is 0 Å². The third kappa shape index (κ3) is 5.07.